The number of nitrogens with zero attached hydrogens (tertiary/aromatic N) is 1. The molecule has 2 aromatic rings. The Kier molecular flexibility index (Phi) is 1.05. The largest absolute Gasteiger partial charge is 0.361 e. The highest BCUT2D eigenvalue weighted by Crippen LogP contribution is 2.24. The van der Waals surface area contributed by atoms with Crippen LogP contribution in [-0.2, 0) is 0 Å². The Balaban J connectivity index is 2.53. The van der Waals surface area contributed by atoms with Gasteiger partial charge < -0.3 is 4.98 Å². The molecule has 1 aliphatic heterocycles. The minimum absolute atomic E-state index is 0.139. The van der Waals surface area contributed by atoms with Crippen molar-refractivity contribution < 1.29 is 4.79 Å². The van der Waals surface area contributed by atoms with E-state index in [0.29, 0.717) is 0 Å². The zero-order valence-corrected chi connectivity index (χ0v) is 6.74. The minimum Gasteiger partial charge on any atom is -0.361 e. The van der Waals surface area contributed by atoms with Crippen molar-refractivity contribution >= 4 is 23.0 Å². The van der Waals surface area contributed by atoms with E-state index in [-0.39, 0.29) is 5.91 Å². The molecule has 1 aromatic carbocycles. The lowest BCUT2D eigenvalue weighted by Crippen LogP contribution is -1.92. The normalized spacial score (nSPS) is 14.0. The molecule has 62 valence electrons. The number of amides is 1. The van der Waals surface area contributed by atoms with Crippen molar-refractivity contribution in [2.24, 2.45) is 4.99 Å². The lowest BCUT2D eigenvalue weighted by atomic mass is 10.1. The van der Waals surface area contributed by atoms with Crippen LogP contribution in [0, 0.1) is 0 Å². The number of benzene rings is 1. The lowest BCUT2D eigenvalue weighted by Gasteiger charge is -1.96. The number of carbonyl (C=O) groups excluding carboxylic acids is 1. The van der Waals surface area contributed by atoms with Gasteiger partial charge in [-0.2, -0.15) is 0 Å². The zero-order valence-electron chi connectivity index (χ0n) is 6.74. The molecule has 0 atom stereocenters. The smallest absolute Gasteiger partial charge is 0.278 e. The molecule has 0 radical (unpaired) electrons. The fourth-order valence-corrected chi connectivity index (χ4v) is 1.69. The molecule has 0 aliphatic carbocycles. The Morgan fingerprint density at radius 1 is 1.23 bits per heavy atom. The number of aliphatic imine (C=N–C) groups is 1. The van der Waals surface area contributed by atoms with Gasteiger partial charge in [-0.1, -0.05) is 6.07 Å². The van der Waals surface area contributed by atoms with Crippen molar-refractivity contribution in [3.63, 3.8) is 0 Å². The molecule has 3 nitrogen and oxygen atoms in total. The van der Waals surface area contributed by atoms with Gasteiger partial charge in [-0.25, -0.2) is 4.99 Å². The van der Waals surface area contributed by atoms with E-state index in [1.54, 1.807) is 6.21 Å². The Bertz CT molecular complexity index is 537. The van der Waals surface area contributed by atoms with Crippen LogP contribution in [0.4, 0.5) is 0 Å². The summed E-state index contributed by atoms with van der Waals surface area (Å²) in [5.74, 6) is -0.139. The molecule has 1 aromatic heterocycles. The highest BCUT2D eigenvalue weighted by Gasteiger charge is 2.18. The van der Waals surface area contributed by atoms with Crippen molar-refractivity contribution in [3.05, 3.63) is 35.5 Å². The zero-order chi connectivity index (χ0) is 8.84. The molecular weight excluding hydrogens is 164 g/mol. The number of fused-ring (bicyclic) bond motifs is 3. The minimum atomic E-state index is -0.139. The van der Waals surface area contributed by atoms with Crippen LogP contribution >= 0.6 is 0 Å². The summed E-state index contributed by atoms with van der Waals surface area (Å²) in [6, 6.07) is 5.77. The van der Waals surface area contributed by atoms with Gasteiger partial charge in [0, 0.05) is 28.9 Å². The van der Waals surface area contributed by atoms with Crippen LogP contribution in [0.25, 0.3) is 10.9 Å². The van der Waals surface area contributed by atoms with Gasteiger partial charge in [0.25, 0.3) is 5.91 Å². The number of aromatic nitrogens is 1. The summed E-state index contributed by atoms with van der Waals surface area (Å²) in [4.78, 5) is 18.2. The Morgan fingerprint density at radius 2 is 2.15 bits per heavy atom. The van der Waals surface area contributed by atoms with Crippen molar-refractivity contribution in [2.45, 2.75) is 0 Å². The lowest BCUT2D eigenvalue weighted by molar-refractivity contribution is 0.101. The summed E-state index contributed by atoms with van der Waals surface area (Å²) in [6.45, 7) is 0. The van der Waals surface area contributed by atoms with Gasteiger partial charge >= 0.3 is 0 Å². The Morgan fingerprint density at radius 3 is 3.08 bits per heavy atom. The number of aromatic amines is 1. The average molecular weight is 170 g/mol. The highest BCUT2D eigenvalue weighted by molar-refractivity contribution is 6.19. The summed E-state index contributed by atoms with van der Waals surface area (Å²) < 4.78 is 0. The highest BCUT2D eigenvalue weighted by atomic mass is 16.1. The molecule has 0 fully saturated rings. The van der Waals surface area contributed by atoms with E-state index >= 15 is 0 Å². The van der Waals surface area contributed by atoms with Gasteiger partial charge in [0.05, 0.1) is 5.56 Å². The molecule has 3 heteroatoms. The van der Waals surface area contributed by atoms with E-state index in [4.69, 9.17) is 0 Å². The fourth-order valence-electron chi connectivity index (χ4n) is 1.69. The Labute approximate surface area is 74.1 Å². The molecular formula is C10H6N2O. The fraction of sp³-hybridized carbons (Fsp3) is 0. The van der Waals surface area contributed by atoms with Gasteiger partial charge in [-0.3, -0.25) is 4.79 Å². The van der Waals surface area contributed by atoms with Crippen molar-refractivity contribution in [1.82, 2.24) is 4.98 Å². The molecule has 13 heavy (non-hydrogen) atoms. The molecule has 0 saturated heterocycles. The van der Waals surface area contributed by atoms with E-state index in [9.17, 15) is 4.79 Å². The van der Waals surface area contributed by atoms with Crippen LogP contribution in [-0.4, -0.2) is 17.1 Å². The van der Waals surface area contributed by atoms with Crippen LogP contribution in [0.1, 0.15) is 15.9 Å². The topological polar surface area (TPSA) is 45.2 Å². The van der Waals surface area contributed by atoms with Gasteiger partial charge in [0.1, 0.15) is 0 Å². The molecule has 0 unspecified atom stereocenters. The standard InChI is InChI=1S/C10H6N2O/c13-10-9-6(5-12-10)1-2-8-7(9)3-4-11-8/h1-5,11H. The predicted octanol–water partition coefficient (Wildman–Crippen LogP) is 1.74. The number of hydrogen-bond donors (Lipinski definition) is 1. The first kappa shape index (κ1) is 6.60. The molecule has 3 rings (SSSR count). The van der Waals surface area contributed by atoms with Gasteiger partial charge in [0.2, 0.25) is 0 Å². The molecule has 1 amide bonds. The molecule has 0 spiro atoms. The third kappa shape index (κ3) is 0.731. The SMILES string of the molecule is O=C1N=Cc2ccc3[nH]ccc3c21. The summed E-state index contributed by atoms with van der Waals surface area (Å²) in [5.41, 5.74) is 2.62. The second-order valence-corrected chi connectivity index (χ2v) is 3.03. The average Bonchev–Trinajstić information content (AvgIpc) is 2.70. The number of H-pyrrole nitrogens is 1. The third-order valence-corrected chi connectivity index (χ3v) is 2.30. The van der Waals surface area contributed by atoms with Crippen LogP contribution in [0.3, 0.4) is 0 Å². The summed E-state index contributed by atoms with van der Waals surface area (Å²) in [7, 11) is 0. The van der Waals surface area contributed by atoms with E-state index in [0.717, 1.165) is 22.0 Å². The van der Waals surface area contributed by atoms with Gasteiger partial charge in [-0.05, 0) is 12.1 Å². The first-order valence-electron chi connectivity index (χ1n) is 4.05. The van der Waals surface area contributed by atoms with Crippen LogP contribution < -0.4 is 0 Å². The number of hydrogen-bond acceptors (Lipinski definition) is 1. The number of carbonyl (C=O) groups is 1. The van der Waals surface area contributed by atoms with Gasteiger partial charge in [0.15, 0.2) is 0 Å². The first-order valence-corrected chi connectivity index (χ1v) is 4.05. The summed E-state index contributed by atoms with van der Waals surface area (Å²) in [5, 5.41) is 0.958. The molecule has 2 heterocycles. The molecule has 1 N–H and O–H groups in total. The second kappa shape index (κ2) is 2.07. The van der Waals surface area contributed by atoms with E-state index < -0.39 is 0 Å². The van der Waals surface area contributed by atoms with E-state index in [2.05, 4.69) is 9.98 Å². The second-order valence-electron chi connectivity index (χ2n) is 3.03. The van der Waals surface area contributed by atoms with Crippen molar-refractivity contribution in [2.75, 3.05) is 0 Å². The predicted molar refractivity (Wildman–Crippen MR) is 50.2 cm³/mol. The Hall–Kier alpha value is -1.90. The third-order valence-electron chi connectivity index (χ3n) is 2.30. The number of nitrogens with one attached hydrogen (secondary N) is 1. The quantitative estimate of drug-likeness (QED) is 0.643. The van der Waals surface area contributed by atoms with Crippen molar-refractivity contribution in [3.8, 4) is 0 Å². The number of rotatable bonds is 0. The summed E-state index contributed by atoms with van der Waals surface area (Å²) >= 11 is 0. The van der Waals surface area contributed by atoms with Crippen LogP contribution in [0.2, 0.25) is 0 Å². The van der Waals surface area contributed by atoms with Crippen LogP contribution in [0.5, 0.6) is 0 Å². The van der Waals surface area contributed by atoms with Crippen LogP contribution in [0.15, 0.2) is 29.4 Å². The van der Waals surface area contributed by atoms with E-state index in [1.807, 2.05) is 24.4 Å². The molecule has 0 bridgehead atoms. The van der Waals surface area contributed by atoms with E-state index in [1.165, 1.54) is 0 Å². The maximum Gasteiger partial charge on any atom is 0.278 e. The van der Waals surface area contributed by atoms with Gasteiger partial charge in [-0.15, -0.1) is 0 Å². The molecule has 0 saturated carbocycles. The first-order chi connectivity index (χ1) is 6.36. The maximum absolute atomic E-state index is 11.4. The molecule has 1 aliphatic rings. The summed E-state index contributed by atoms with van der Waals surface area (Å²) in [6.07, 6.45) is 3.45. The monoisotopic (exact) mass is 170 g/mol. The maximum atomic E-state index is 11.4. The van der Waals surface area contributed by atoms with Crippen molar-refractivity contribution in [1.29, 1.82) is 0 Å².